The average molecular weight is 361 g/mol. The van der Waals surface area contributed by atoms with Crippen molar-refractivity contribution in [1.29, 1.82) is 0 Å². The molecule has 0 fully saturated rings. The zero-order valence-corrected chi connectivity index (χ0v) is 14.8. The standard InChI is InChI=1S/C15H18Cl2N2O2S/c1-10-18-11(9-22-10)6-19(2)7-12(20)8-21-15-13(16)4-3-5-14(15)17/h3-5,9,12,20H,6-8H2,1-2H3. The Morgan fingerprint density at radius 2 is 2.05 bits per heavy atom. The molecule has 0 aliphatic carbocycles. The molecule has 0 saturated carbocycles. The van der Waals surface area contributed by atoms with Gasteiger partial charge < -0.3 is 9.84 Å². The summed E-state index contributed by atoms with van der Waals surface area (Å²) in [5.41, 5.74) is 1.01. The fourth-order valence-corrected chi connectivity index (χ4v) is 3.14. The first kappa shape index (κ1) is 17.5. The Hall–Kier alpha value is -0.850. The van der Waals surface area contributed by atoms with Crippen molar-refractivity contribution in [1.82, 2.24) is 9.88 Å². The average Bonchev–Trinajstić information content (AvgIpc) is 2.83. The van der Waals surface area contributed by atoms with Crippen LogP contribution in [0.5, 0.6) is 5.75 Å². The monoisotopic (exact) mass is 360 g/mol. The zero-order valence-electron chi connectivity index (χ0n) is 12.4. The number of para-hydroxylation sites is 1. The van der Waals surface area contributed by atoms with E-state index in [1.807, 2.05) is 24.3 Å². The van der Waals surface area contributed by atoms with Gasteiger partial charge in [0.15, 0.2) is 5.75 Å². The van der Waals surface area contributed by atoms with Gasteiger partial charge in [-0.2, -0.15) is 0 Å². The number of aromatic nitrogens is 1. The lowest BCUT2D eigenvalue weighted by molar-refractivity contribution is 0.0742. The Morgan fingerprint density at radius 1 is 1.36 bits per heavy atom. The number of aliphatic hydroxyl groups is 1. The number of halogens is 2. The number of nitrogens with zero attached hydrogens (tertiary/aromatic N) is 2. The van der Waals surface area contributed by atoms with Gasteiger partial charge in [0.25, 0.3) is 0 Å². The van der Waals surface area contributed by atoms with E-state index in [2.05, 4.69) is 4.98 Å². The molecule has 1 aromatic heterocycles. The number of likely N-dealkylation sites (N-methyl/N-ethyl adjacent to an activating group) is 1. The van der Waals surface area contributed by atoms with E-state index in [4.69, 9.17) is 27.9 Å². The molecule has 0 aliphatic heterocycles. The molecule has 22 heavy (non-hydrogen) atoms. The van der Waals surface area contributed by atoms with Gasteiger partial charge in [0.05, 0.1) is 20.7 Å². The molecular formula is C15H18Cl2N2O2S. The van der Waals surface area contributed by atoms with Crippen LogP contribution < -0.4 is 4.74 Å². The molecule has 0 amide bonds. The van der Waals surface area contributed by atoms with Crippen LogP contribution in [0.1, 0.15) is 10.7 Å². The summed E-state index contributed by atoms with van der Waals surface area (Å²) in [7, 11) is 1.93. The summed E-state index contributed by atoms with van der Waals surface area (Å²) < 4.78 is 5.53. The lowest BCUT2D eigenvalue weighted by Crippen LogP contribution is -2.32. The van der Waals surface area contributed by atoms with Crippen LogP contribution in [0.3, 0.4) is 0 Å². The lowest BCUT2D eigenvalue weighted by atomic mass is 10.3. The van der Waals surface area contributed by atoms with Crippen LogP contribution in [0.15, 0.2) is 23.6 Å². The number of aryl methyl sites for hydroxylation is 1. The number of ether oxygens (including phenoxy) is 1. The van der Waals surface area contributed by atoms with Crippen LogP contribution in [-0.4, -0.2) is 41.3 Å². The van der Waals surface area contributed by atoms with Gasteiger partial charge >= 0.3 is 0 Å². The summed E-state index contributed by atoms with van der Waals surface area (Å²) in [5, 5.41) is 14.0. The fourth-order valence-electron chi connectivity index (χ4n) is 2.03. The van der Waals surface area contributed by atoms with Gasteiger partial charge in [-0.05, 0) is 26.1 Å². The molecule has 4 nitrogen and oxygen atoms in total. The van der Waals surface area contributed by atoms with Gasteiger partial charge in [-0.25, -0.2) is 4.98 Å². The SMILES string of the molecule is Cc1nc(CN(C)CC(O)COc2c(Cl)cccc2Cl)cs1. The van der Waals surface area contributed by atoms with Crippen molar-refractivity contribution >= 4 is 34.5 Å². The van der Waals surface area contributed by atoms with E-state index in [-0.39, 0.29) is 6.61 Å². The quantitative estimate of drug-likeness (QED) is 0.818. The molecule has 2 rings (SSSR count). The van der Waals surface area contributed by atoms with Crippen LogP contribution in [-0.2, 0) is 6.54 Å². The summed E-state index contributed by atoms with van der Waals surface area (Å²) in [6.45, 7) is 3.26. The first-order chi connectivity index (χ1) is 10.5. The van der Waals surface area contributed by atoms with Gasteiger partial charge in [0, 0.05) is 18.5 Å². The Kier molecular flexibility index (Phi) is 6.47. The summed E-state index contributed by atoms with van der Waals surface area (Å²) in [6, 6.07) is 5.15. The predicted molar refractivity (Wildman–Crippen MR) is 91.1 cm³/mol. The number of hydrogen-bond donors (Lipinski definition) is 1. The molecule has 1 heterocycles. The highest BCUT2D eigenvalue weighted by Gasteiger charge is 2.13. The summed E-state index contributed by atoms with van der Waals surface area (Å²) in [5.74, 6) is 0.405. The molecule has 0 radical (unpaired) electrons. The summed E-state index contributed by atoms with van der Waals surface area (Å²) >= 11 is 13.7. The minimum Gasteiger partial charge on any atom is -0.488 e. The number of rotatable bonds is 7. The first-order valence-electron chi connectivity index (χ1n) is 6.80. The Bertz CT molecular complexity index is 601. The van der Waals surface area contributed by atoms with Crippen LogP contribution in [0, 0.1) is 6.92 Å². The van der Waals surface area contributed by atoms with Crippen molar-refractivity contribution in [3.63, 3.8) is 0 Å². The highest BCUT2D eigenvalue weighted by molar-refractivity contribution is 7.09. The van der Waals surface area contributed by atoms with Gasteiger partial charge in [0.2, 0.25) is 0 Å². The molecule has 7 heteroatoms. The molecule has 0 saturated heterocycles. The third-order valence-electron chi connectivity index (χ3n) is 2.96. The normalized spacial score (nSPS) is 12.6. The van der Waals surface area contributed by atoms with Crippen molar-refractivity contribution in [2.75, 3.05) is 20.2 Å². The molecule has 1 N–H and O–H groups in total. The maximum atomic E-state index is 10.1. The van der Waals surface area contributed by atoms with E-state index < -0.39 is 6.10 Å². The second-order valence-electron chi connectivity index (χ2n) is 5.07. The van der Waals surface area contributed by atoms with Gasteiger partial charge in [0.1, 0.15) is 12.7 Å². The molecule has 1 atom stereocenters. The van der Waals surface area contributed by atoms with E-state index in [1.165, 1.54) is 0 Å². The van der Waals surface area contributed by atoms with Crippen molar-refractivity contribution in [2.45, 2.75) is 19.6 Å². The largest absolute Gasteiger partial charge is 0.488 e. The van der Waals surface area contributed by atoms with E-state index in [9.17, 15) is 5.11 Å². The Labute approximate surface area is 144 Å². The Balaban J connectivity index is 1.81. The Morgan fingerprint density at radius 3 is 2.64 bits per heavy atom. The van der Waals surface area contributed by atoms with Crippen molar-refractivity contribution < 1.29 is 9.84 Å². The van der Waals surface area contributed by atoms with Crippen molar-refractivity contribution in [3.05, 3.63) is 44.3 Å². The van der Waals surface area contributed by atoms with Crippen LogP contribution in [0.2, 0.25) is 10.0 Å². The van der Waals surface area contributed by atoms with Gasteiger partial charge in [-0.3, -0.25) is 4.90 Å². The second kappa shape index (κ2) is 8.13. The molecule has 0 spiro atoms. The maximum absolute atomic E-state index is 10.1. The van der Waals surface area contributed by atoms with Crippen LogP contribution >= 0.6 is 34.5 Å². The molecule has 120 valence electrons. The van der Waals surface area contributed by atoms with E-state index >= 15 is 0 Å². The maximum Gasteiger partial charge on any atom is 0.156 e. The molecule has 2 aromatic rings. The molecular weight excluding hydrogens is 343 g/mol. The highest BCUT2D eigenvalue weighted by Crippen LogP contribution is 2.32. The minimum absolute atomic E-state index is 0.129. The molecule has 0 aliphatic rings. The van der Waals surface area contributed by atoms with Crippen molar-refractivity contribution in [2.24, 2.45) is 0 Å². The highest BCUT2D eigenvalue weighted by atomic mass is 35.5. The first-order valence-corrected chi connectivity index (χ1v) is 8.43. The van der Waals surface area contributed by atoms with Gasteiger partial charge in [-0.1, -0.05) is 29.3 Å². The molecule has 0 bridgehead atoms. The molecule has 1 aromatic carbocycles. The number of benzene rings is 1. The number of aliphatic hydroxyl groups excluding tert-OH is 1. The van der Waals surface area contributed by atoms with E-state index in [1.54, 1.807) is 29.5 Å². The third kappa shape index (κ3) is 5.11. The number of hydrogen-bond acceptors (Lipinski definition) is 5. The van der Waals surface area contributed by atoms with Crippen LogP contribution in [0.4, 0.5) is 0 Å². The van der Waals surface area contributed by atoms with Crippen LogP contribution in [0.25, 0.3) is 0 Å². The zero-order chi connectivity index (χ0) is 16.1. The van der Waals surface area contributed by atoms with E-state index in [0.29, 0.717) is 28.9 Å². The topological polar surface area (TPSA) is 45.6 Å². The second-order valence-corrected chi connectivity index (χ2v) is 6.95. The predicted octanol–water partition coefficient (Wildman–Crippen LogP) is 3.63. The summed E-state index contributed by atoms with van der Waals surface area (Å²) in [4.78, 5) is 6.40. The lowest BCUT2D eigenvalue weighted by Gasteiger charge is -2.20. The number of thiazole rings is 1. The van der Waals surface area contributed by atoms with E-state index in [0.717, 1.165) is 10.7 Å². The van der Waals surface area contributed by atoms with Crippen molar-refractivity contribution in [3.8, 4) is 5.75 Å². The third-order valence-corrected chi connectivity index (χ3v) is 4.38. The fraction of sp³-hybridized carbons (Fsp3) is 0.400. The van der Waals surface area contributed by atoms with Gasteiger partial charge in [-0.15, -0.1) is 11.3 Å². The smallest absolute Gasteiger partial charge is 0.156 e. The molecule has 1 unspecified atom stereocenters. The summed E-state index contributed by atoms with van der Waals surface area (Å²) in [6.07, 6.45) is -0.642. The minimum atomic E-state index is -0.642.